The SMILES string of the molecule is CCCC(=O)NC(=S)Nc1ccc(-c2ccc(CO)o2)cc1. The number of rotatable bonds is 5. The molecule has 1 amide bonds. The van der Waals surface area contributed by atoms with Crippen LogP contribution in [0.15, 0.2) is 40.8 Å². The van der Waals surface area contributed by atoms with Crippen molar-refractivity contribution in [2.75, 3.05) is 5.32 Å². The van der Waals surface area contributed by atoms with Crippen molar-refractivity contribution in [3.05, 3.63) is 42.2 Å². The van der Waals surface area contributed by atoms with Gasteiger partial charge in [0.2, 0.25) is 5.91 Å². The van der Waals surface area contributed by atoms with E-state index in [-0.39, 0.29) is 17.6 Å². The van der Waals surface area contributed by atoms with Crippen LogP contribution in [0.4, 0.5) is 5.69 Å². The predicted molar refractivity (Wildman–Crippen MR) is 89.3 cm³/mol. The van der Waals surface area contributed by atoms with Crippen LogP contribution in [0.1, 0.15) is 25.5 Å². The van der Waals surface area contributed by atoms with Crippen LogP contribution >= 0.6 is 12.2 Å². The molecule has 22 heavy (non-hydrogen) atoms. The van der Waals surface area contributed by atoms with Crippen molar-refractivity contribution >= 4 is 28.9 Å². The second kappa shape index (κ2) is 7.72. The van der Waals surface area contributed by atoms with Gasteiger partial charge in [0.15, 0.2) is 5.11 Å². The number of benzene rings is 1. The van der Waals surface area contributed by atoms with Crippen molar-refractivity contribution in [1.82, 2.24) is 5.32 Å². The number of furan rings is 1. The lowest BCUT2D eigenvalue weighted by Gasteiger charge is -2.09. The van der Waals surface area contributed by atoms with E-state index in [1.165, 1.54) is 0 Å². The number of carbonyl (C=O) groups is 1. The van der Waals surface area contributed by atoms with Crippen LogP contribution in [-0.4, -0.2) is 16.1 Å². The number of hydrogen-bond donors (Lipinski definition) is 3. The molecule has 116 valence electrons. The molecule has 0 unspecified atom stereocenters. The van der Waals surface area contributed by atoms with E-state index in [2.05, 4.69) is 10.6 Å². The van der Waals surface area contributed by atoms with Gasteiger partial charge in [-0.25, -0.2) is 0 Å². The van der Waals surface area contributed by atoms with Crippen LogP contribution in [0.3, 0.4) is 0 Å². The quantitative estimate of drug-likeness (QED) is 0.739. The molecule has 0 spiro atoms. The summed E-state index contributed by atoms with van der Waals surface area (Å²) in [5.74, 6) is 1.12. The largest absolute Gasteiger partial charge is 0.459 e. The molecule has 0 saturated heterocycles. The van der Waals surface area contributed by atoms with Crippen molar-refractivity contribution in [3.63, 3.8) is 0 Å². The predicted octanol–water partition coefficient (Wildman–Crippen LogP) is 3.05. The first kappa shape index (κ1) is 16.2. The zero-order valence-corrected chi connectivity index (χ0v) is 13.1. The average Bonchev–Trinajstić information content (AvgIpc) is 2.97. The van der Waals surface area contributed by atoms with E-state index in [4.69, 9.17) is 21.7 Å². The number of aliphatic hydroxyl groups is 1. The lowest BCUT2D eigenvalue weighted by Crippen LogP contribution is -2.33. The first-order chi connectivity index (χ1) is 10.6. The number of carbonyl (C=O) groups excluding carboxylic acids is 1. The fourth-order valence-electron chi connectivity index (χ4n) is 1.91. The highest BCUT2D eigenvalue weighted by atomic mass is 32.1. The summed E-state index contributed by atoms with van der Waals surface area (Å²) >= 11 is 5.08. The minimum atomic E-state index is -0.120. The van der Waals surface area contributed by atoms with Gasteiger partial charge in [-0.3, -0.25) is 4.79 Å². The standard InChI is InChI=1S/C16H18N2O3S/c1-2-3-15(20)18-16(22)17-12-6-4-11(5-7-12)14-9-8-13(10-19)21-14/h4-9,19H,2-3,10H2,1H3,(H2,17,18,20,22). The summed E-state index contributed by atoms with van der Waals surface area (Å²) in [5, 5.41) is 14.9. The normalized spacial score (nSPS) is 10.3. The molecule has 0 aliphatic rings. The second-order valence-corrected chi connectivity index (χ2v) is 5.16. The second-order valence-electron chi connectivity index (χ2n) is 4.75. The molecule has 0 aliphatic heterocycles. The first-order valence-corrected chi connectivity index (χ1v) is 7.44. The molecule has 0 radical (unpaired) electrons. The molecule has 3 N–H and O–H groups in total. The summed E-state index contributed by atoms with van der Waals surface area (Å²) in [7, 11) is 0. The van der Waals surface area contributed by atoms with E-state index >= 15 is 0 Å². The van der Waals surface area contributed by atoms with Gasteiger partial charge in [-0.15, -0.1) is 0 Å². The van der Waals surface area contributed by atoms with Gasteiger partial charge in [-0.05, 0) is 55.0 Å². The Morgan fingerprint density at radius 3 is 2.55 bits per heavy atom. The van der Waals surface area contributed by atoms with E-state index in [0.717, 1.165) is 17.7 Å². The molecule has 0 fully saturated rings. The van der Waals surface area contributed by atoms with Crippen LogP contribution in [0.5, 0.6) is 0 Å². The molecule has 1 aromatic heterocycles. The lowest BCUT2D eigenvalue weighted by atomic mass is 10.1. The number of thiocarbonyl (C=S) groups is 1. The summed E-state index contributed by atoms with van der Waals surface area (Å²) in [6.07, 6.45) is 1.23. The van der Waals surface area contributed by atoms with Crippen LogP contribution in [0.2, 0.25) is 0 Å². The Morgan fingerprint density at radius 1 is 1.23 bits per heavy atom. The van der Waals surface area contributed by atoms with Crippen LogP contribution in [0.25, 0.3) is 11.3 Å². The van der Waals surface area contributed by atoms with Gasteiger partial charge in [-0.2, -0.15) is 0 Å². The number of hydrogen-bond acceptors (Lipinski definition) is 4. The smallest absolute Gasteiger partial charge is 0.226 e. The Hall–Kier alpha value is -2.18. The Bertz CT molecular complexity index is 650. The van der Waals surface area contributed by atoms with Gasteiger partial charge < -0.3 is 20.2 Å². The van der Waals surface area contributed by atoms with Gasteiger partial charge in [0, 0.05) is 17.7 Å². The maximum Gasteiger partial charge on any atom is 0.226 e. The fraction of sp³-hybridized carbons (Fsp3) is 0.250. The zero-order valence-electron chi connectivity index (χ0n) is 12.3. The lowest BCUT2D eigenvalue weighted by molar-refractivity contribution is -0.119. The Balaban J connectivity index is 1.97. The number of aliphatic hydroxyl groups excluding tert-OH is 1. The van der Waals surface area contributed by atoms with Crippen LogP contribution in [-0.2, 0) is 11.4 Å². The molecule has 5 nitrogen and oxygen atoms in total. The molecule has 0 atom stereocenters. The van der Waals surface area contributed by atoms with E-state index in [0.29, 0.717) is 17.9 Å². The first-order valence-electron chi connectivity index (χ1n) is 7.03. The molecule has 0 aliphatic carbocycles. The molecule has 0 bridgehead atoms. The van der Waals surface area contributed by atoms with Gasteiger partial charge in [-0.1, -0.05) is 6.92 Å². The van der Waals surface area contributed by atoms with Gasteiger partial charge in [0.05, 0.1) is 0 Å². The van der Waals surface area contributed by atoms with Crippen LogP contribution < -0.4 is 10.6 Å². The molecule has 1 heterocycles. The number of anilines is 1. The third-order valence-electron chi connectivity index (χ3n) is 2.97. The molecule has 2 aromatic rings. The number of amides is 1. The van der Waals surface area contributed by atoms with Crippen molar-refractivity contribution in [1.29, 1.82) is 0 Å². The summed E-state index contributed by atoms with van der Waals surface area (Å²) in [6.45, 7) is 1.82. The minimum absolute atomic E-state index is 0.0938. The molecule has 1 aromatic carbocycles. The topological polar surface area (TPSA) is 74.5 Å². The third-order valence-corrected chi connectivity index (χ3v) is 3.18. The Morgan fingerprint density at radius 2 is 1.95 bits per heavy atom. The Kier molecular flexibility index (Phi) is 5.68. The highest BCUT2D eigenvalue weighted by Crippen LogP contribution is 2.23. The van der Waals surface area contributed by atoms with Gasteiger partial charge >= 0.3 is 0 Å². The summed E-state index contributed by atoms with van der Waals surface area (Å²) in [6, 6.07) is 11.0. The highest BCUT2D eigenvalue weighted by Gasteiger charge is 2.06. The van der Waals surface area contributed by atoms with Crippen molar-refractivity contribution < 1.29 is 14.3 Å². The van der Waals surface area contributed by atoms with Gasteiger partial charge in [0.1, 0.15) is 18.1 Å². The average molecular weight is 318 g/mol. The fourth-order valence-corrected chi connectivity index (χ4v) is 2.15. The van der Waals surface area contributed by atoms with E-state index in [1.54, 1.807) is 6.07 Å². The van der Waals surface area contributed by atoms with Crippen molar-refractivity contribution in [2.24, 2.45) is 0 Å². The van der Waals surface area contributed by atoms with E-state index in [9.17, 15) is 4.79 Å². The monoisotopic (exact) mass is 318 g/mol. The summed E-state index contributed by atoms with van der Waals surface area (Å²) in [4.78, 5) is 11.4. The third kappa shape index (κ3) is 4.41. The Labute approximate surface area is 134 Å². The number of nitrogens with one attached hydrogen (secondary N) is 2. The molecule has 0 saturated carbocycles. The van der Waals surface area contributed by atoms with E-state index in [1.807, 2.05) is 37.3 Å². The molecular formula is C16H18N2O3S. The summed E-state index contributed by atoms with van der Waals surface area (Å²) in [5.41, 5.74) is 1.67. The molecule has 6 heteroatoms. The summed E-state index contributed by atoms with van der Waals surface area (Å²) < 4.78 is 5.47. The van der Waals surface area contributed by atoms with Crippen LogP contribution in [0, 0.1) is 0 Å². The van der Waals surface area contributed by atoms with Crippen molar-refractivity contribution in [2.45, 2.75) is 26.4 Å². The maximum absolute atomic E-state index is 11.4. The molecule has 2 rings (SSSR count). The molecular weight excluding hydrogens is 300 g/mol. The van der Waals surface area contributed by atoms with Crippen molar-refractivity contribution in [3.8, 4) is 11.3 Å². The van der Waals surface area contributed by atoms with Gasteiger partial charge in [0.25, 0.3) is 0 Å². The minimum Gasteiger partial charge on any atom is -0.459 e. The highest BCUT2D eigenvalue weighted by molar-refractivity contribution is 7.80. The maximum atomic E-state index is 11.4. The van der Waals surface area contributed by atoms with E-state index < -0.39 is 0 Å². The zero-order chi connectivity index (χ0) is 15.9.